The van der Waals surface area contributed by atoms with Crippen LogP contribution in [0.5, 0.6) is 0 Å². The molecule has 1 aromatic carbocycles. The van der Waals surface area contributed by atoms with Crippen molar-refractivity contribution < 1.29 is 27.7 Å². The highest BCUT2D eigenvalue weighted by Gasteiger charge is 2.68. The monoisotopic (exact) mass is 409 g/mol. The summed E-state index contributed by atoms with van der Waals surface area (Å²) >= 11 is 0. The van der Waals surface area contributed by atoms with Crippen LogP contribution in [0.4, 0.5) is 13.2 Å². The quantitative estimate of drug-likeness (QED) is 0.236. The topological polar surface area (TPSA) is 83.8 Å². The number of rotatable bonds is 6. The summed E-state index contributed by atoms with van der Waals surface area (Å²) in [5.74, 6) is -8.89. The Bertz CT molecular complexity index is 888. The second-order valence-electron chi connectivity index (χ2n) is 7.12. The summed E-state index contributed by atoms with van der Waals surface area (Å²) in [5, 5.41) is 12.2. The van der Waals surface area contributed by atoms with Crippen LogP contribution in [0.1, 0.15) is 11.5 Å². The Morgan fingerprint density at radius 1 is 1.03 bits per heavy atom. The Hall–Kier alpha value is -3.17. The van der Waals surface area contributed by atoms with Gasteiger partial charge in [-0.1, -0.05) is 12.2 Å². The minimum atomic E-state index is -2.01. The van der Waals surface area contributed by atoms with E-state index in [1.807, 2.05) is 0 Å². The number of fused-ring (bicyclic) bond motifs is 2. The van der Waals surface area contributed by atoms with Gasteiger partial charge in [-0.15, -0.1) is 13.2 Å². The lowest BCUT2D eigenvalue weighted by Crippen LogP contribution is -2.73. The lowest BCUT2D eigenvalue weighted by atomic mass is 9.65. The standard InChI is InChI=1S/C19H18F3N3O4/c1-3-5-23-9-19(25(28)29)10-24(6-4-2)18(27)15(17(23)26)16(19)11-7-13(21)14(22)8-12(11)20/h3-4,7-8,15-16H,1-2,5-6,9-10H2/t15?,16-,19?/m0/s1. The first-order chi connectivity index (χ1) is 13.7. The number of nitro groups is 1. The van der Waals surface area contributed by atoms with Crippen LogP contribution in [0.3, 0.4) is 0 Å². The molecule has 1 atom stereocenters. The number of nitrogens with zero attached hydrogens (tertiary/aromatic N) is 3. The van der Waals surface area contributed by atoms with Crippen molar-refractivity contribution in [1.82, 2.24) is 9.80 Å². The third-order valence-electron chi connectivity index (χ3n) is 5.43. The van der Waals surface area contributed by atoms with Crippen LogP contribution in [0.2, 0.25) is 0 Å². The van der Waals surface area contributed by atoms with E-state index in [2.05, 4.69) is 13.2 Å². The normalized spacial score (nSPS) is 26.4. The van der Waals surface area contributed by atoms with Gasteiger partial charge in [-0.25, -0.2) is 13.2 Å². The number of piperidine rings is 2. The average molecular weight is 409 g/mol. The Balaban J connectivity index is 2.26. The SMILES string of the molecule is C=CCN1CC2([N+](=O)[O-])CN(CC=C)C(=O)C(C1=O)[C@@H]2c1cc(F)c(F)cc1F. The predicted octanol–water partition coefficient (Wildman–Crippen LogP) is 1.88. The van der Waals surface area contributed by atoms with E-state index in [-0.39, 0.29) is 19.2 Å². The van der Waals surface area contributed by atoms with E-state index in [1.165, 1.54) is 12.2 Å². The number of carbonyl (C=O) groups excluding carboxylic acids is 2. The molecule has 0 saturated carbocycles. The van der Waals surface area contributed by atoms with Crippen molar-refractivity contribution in [2.24, 2.45) is 5.92 Å². The molecule has 0 N–H and O–H groups in total. The first-order valence-electron chi connectivity index (χ1n) is 8.76. The van der Waals surface area contributed by atoms with Gasteiger partial charge < -0.3 is 9.80 Å². The fraction of sp³-hybridized carbons (Fsp3) is 0.368. The Labute approximate surface area is 164 Å². The van der Waals surface area contributed by atoms with E-state index < -0.39 is 70.2 Å². The lowest BCUT2D eigenvalue weighted by Gasteiger charge is -2.51. The largest absolute Gasteiger partial charge is 0.331 e. The molecule has 154 valence electrons. The maximum atomic E-state index is 14.6. The molecule has 1 aromatic rings. The molecule has 0 aromatic heterocycles. The van der Waals surface area contributed by atoms with Crippen molar-refractivity contribution in [3.63, 3.8) is 0 Å². The predicted molar refractivity (Wildman–Crippen MR) is 95.8 cm³/mol. The van der Waals surface area contributed by atoms with Gasteiger partial charge in [0, 0.05) is 29.6 Å². The lowest BCUT2D eigenvalue weighted by molar-refractivity contribution is -0.580. The summed E-state index contributed by atoms with van der Waals surface area (Å²) in [4.78, 5) is 39.8. The number of hydrogen-bond acceptors (Lipinski definition) is 4. The molecular weight excluding hydrogens is 391 g/mol. The Morgan fingerprint density at radius 2 is 1.52 bits per heavy atom. The van der Waals surface area contributed by atoms with E-state index in [9.17, 15) is 32.9 Å². The first kappa shape index (κ1) is 20.6. The maximum Gasteiger partial charge on any atom is 0.264 e. The highest BCUT2D eigenvalue weighted by molar-refractivity contribution is 6.03. The van der Waals surface area contributed by atoms with Gasteiger partial charge in [0.1, 0.15) is 11.7 Å². The highest BCUT2D eigenvalue weighted by Crippen LogP contribution is 2.48. The van der Waals surface area contributed by atoms with E-state index >= 15 is 0 Å². The molecule has 2 bridgehead atoms. The van der Waals surface area contributed by atoms with Crippen molar-refractivity contribution in [3.05, 3.63) is 70.6 Å². The molecular formula is C19H18F3N3O4. The van der Waals surface area contributed by atoms with E-state index in [0.29, 0.717) is 6.07 Å². The van der Waals surface area contributed by atoms with Crippen molar-refractivity contribution in [1.29, 1.82) is 0 Å². The van der Waals surface area contributed by atoms with Crippen molar-refractivity contribution in [3.8, 4) is 0 Å². The molecule has 7 nitrogen and oxygen atoms in total. The van der Waals surface area contributed by atoms with E-state index in [0.717, 1.165) is 9.80 Å². The Morgan fingerprint density at radius 3 is 1.97 bits per heavy atom. The molecule has 2 aliphatic heterocycles. The molecule has 3 rings (SSSR count). The number of amides is 2. The van der Waals surface area contributed by atoms with Crippen LogP contribution in [0.25, 0.3) is 0 Å². The average Bonchev–Trinajstić information content (AvgIpc) is 2.65. The molecule has 10 heteroatoms. The highest BCUT2D eigenvalue weighted by atomic mass is 19.2. The molecule has 29 heavy (non-hydrogen) atoms. The van der Waals surface area contributed by atoms with Gasteiger partial charge in [0.15, 0.2) is 11.6 Å². The fourth-order valence-electron chi connectivity index (χ4n) is 4.25. The molecule has 0 aliphatic carbocycles. The second kappa shape index (κ2) is 7.34. The van der Waals surface area contributed by atoms with Gasteiger partial charge in [-0.3, -0.25) is 19.7 Å². The van der Waals surface area contributed by atoms with Crippen LogP contribution in [0.15, 0.2) is 37.4 Å². The Kier molecular flexibility index (Phi) is 5.20. The molecule has 0 unspecified atom stereocenters. The number of benzene rings is 1. The summed E-state index contributed by atoms with van der Waals surface area (Å²) in [6, 6.07) is 0.758. The fourth-order valence-corrected chi connectivity index (χ4v) is 4.25. The van der Waals surface area contributed by atoms with Crippen LogP contribution < -0.4 is 0 Å². The zero-order chi connectivity index (χ0) is 21.5. The zero-order valence-corrected chi connectivity index (χ0v) is 15.3. The van der Waals surface area contributed by atoms with Gasteiger partial charge in [0.2, 0.25) is 11.8 Å². The zero-order valence-electron chi connectivity index (χ0n) is 15.3. The third-order valence-corrected chi connectivity index (χ3v) is 5.43. The second-order valence-corrected chi connectivity index (χ2v) is 7.12. The van der Waals surface area contributed by atoms with E-state index in [4.69, 9.17) is 0 Å². The molecule has 2 saturated heterocycles. The number of hydrogen-bond donors (Lipinski definition) is 0. The summed E-state index contributed by atoms with van der Waals surface area (Å²) in [6.07, 6.45) is 2.71. The smallest absolute Gasteiger partial charge is 0.264 e. The minimum absolute atomic E-state index is 0.0490. The number of likely N-dealkylation sites (tertiary alicyclic amines) is 2. The van der Waals surface area contributed by atoms with Gasteiger partial charge in [-0.2, -0.15) is 0 Å². The van der Waals surface area contributed by atoms with E-state index in [1.54, 1.807) is 0 Å². The van der Waals surface area contributed by atoms with Gasteiger partial charge >= 0.3 is 0 Å². The maximum absolute atomic E-state index is 14.6. The van der Waals surface area contributed by atoms with Gasteiger partial charge in [0.05, 0.1) is 19.0 Å². The van der Waals surface area contributed by atoms with Crippen molar-refractivity contribution in [2.75, 3.05) is 26.2 Å². The summed E-state index contributed by atoms with van der Waals surface area (Å²) < 4.78 is 41.9. The minimum Gasteiger partial charge on any atom is -0.331 e. The number of halogens is 3. The van der Waals surface area contributed by atoms with Crippen LogP contribution in [0, 0.1) is 33.5 Å². The van der Waals surface area contributed by atoms with Gasteiger partial charge in [0.25, 0.3) is 5.54 Å². The molecule has 2 aliphatic rings. The van der Waals surface area contributed by atoms with Crippen molar-refractivity contribution in [2.45, 2.75) is 11.5 Å². The summed E-state index contributed by atoms with van der Waals surface area (Å²) in [5.41, 5.74) is -2.58. The summed E-state index contributed by atoms with van der Waals surface area (Å²) in [7, 11) is 0. The van der Waals surface area contributed by atoms with Crippen LogP contribution in [-0.2, 0) is 9.59 Å². The molecule has 0 spiro atoms. The molecule has 2 fully saturated rings. The number of carbonyl (C=O) groups is 2. The molecule has 0 radical (unpaired) electrons. The third kappa shape index (κ3) is 3.08. The van der Waals surface area contributed by atoms with Crippen LogP contribution in [-0.4, -0.2) is 58.3 Å². The molecule has 2 amide bonds. The van der Waals surface area contributed by atoms with Gasteiger partial charge in [-0.05, 0) is 6.07 Å². The summed E-state index contributed by atoms with van der Waals surface area (Å²) in [6.45, 7) is 6.03. The van der Waals surface area contributed by atoms with Crippen LogP contribution >= 0.6 is 0 Å². The molecule has 2 heterocycles. The first-order valence-corrected chi connectivity index (χ1v) is 8.76. The van der Waals surface area contributed by atoms with Crippen molar-refractivity contribution >= 4 is 11.8 Å².